The van der Waals surface area contributed by atoms with Crippen LogP contribution in [0.15, 0.2) is 36.5 Å². The van der Waals surface area contributed by atoms with Gasteiger partial charge in [-0.3, -0.25) is 4.57 Å². The van der Waals surface area contributed by atoms with Crippen LogP contribution < -0.4 is 5.32 Å². The molecule has 22 heavy (non-hydrogen) atoms. The van der Waals surface area contributed by atoms with E-state index in [1.54, 1.807) is 17.8 Å². The van der Waals surface area contributed by atoms with E-state index < -0.39 is 5.97 Å². The zero-order valence-electron chi connectivity index (χ0n) is 12.3. The summed E-state index contributed by atoms with van der Waals surface area (Å²) in [6.07, 6.45) is 1.59. The molecule has 112 valence electrons. The number of aromatic nitrogens is 4. The van der Waals surface area contributed by atoms with E-state index in [1.807, 2.05) is 30.3 Å². The first-order valence-electron chi connectivity index (χ1n) is 6.76. The number of carbonyl (C=O) groups excluding carboxylic acids is 1. The van der Waals surface area contributed by atoms with Crippen LogP contribution in [0.5, 0.6) is 0 Å². The summed E-state index contributed by atoms with van der Waals surface area (Å²) in [5, 5.41) is 2.88. The molecule has 0 fully saturated rings. The average molecular weight is 297 g/mol. The number of ether oxygens (including phenoxy) is 1. The fourth-order valence-corrected chi connectivity index (χ4v) is 2.20. The molecule has 0 amide bonds. The smallest absolute Gasteiger partial charge is 0.374 e. The summed E-state index contributed by atoms with van der Waals surface area (Å²) in [7, 11) is 3.07. The lowest BCUT2D eigenvalue weighted by Gasteiger charge is -2.08. The van der Waals surface area contributed by atoms with Gasteiger partial charge in [0.15, 0.2) is 5.65 Å². The van der Waals surface area contributed by atoms with Gasteiger partial charge in [-0.25, -0.2) is 14.8 Å². The van der Waals surface area contributed by atoms with Crippen LogP contribution in [0.4, 0.5) is 5.95 Å². The van der Waals surface area contributed by atoms with Gasteiger partial charge < -0.3 is 10.1 Å². The zero-order valence-corrected chi connectivity index (χ0v) is 12.3. The second-order valence-electron chi connectivity index (χ2n) is 4.65. The van der Waals surface area contributed by atoms with E-state index >= 15 is 0 Å². The largest absolute Gasteiger partial charge is 0.463 e. The molecular formula is C15H15N5O2. The first-order chi connectivity index (χ1) is 10.7. The molecule has 0 aliphatic carbocycles. The van der Waals surface area contributed by atoms with Crippen molar-refractivity contribution in [3.8, 4) is 0 Å². The van der Waals surface area contributed by atoms with Crippen molar-refractivity contribution >= 4 is 23.1 Å². The third-order valence-corrected chi connectivity index (χ3v) is 3.26. The van der Waals surface area contributed by atoms with Gasteiger partial charge in [0.1, 0.15) is 5.52 Å². The number of hydrogen-bond acceptors (Lipinski definition) is 6. The molecule has 0 saturated carbocycles. The monoisotopic (exact) mass is 297 g/mol. The lowest BCUT2D eigenvalue weighted by atomic mass is 10.2. The molecule has 1 N–H and O–H groups in total. The van der Waals surface area contributed by atoms with E-state index in [2.05, 4.69) is 20.3 Å². The van der Waals surface area contributed by atoms with Crippen molar-refractivity contribution in [3.05, 3.63) is 47.9 Å². The maximum Gasteiger partial charge on any atom is 0.374 e. The number of methoxy groups -OCH3 is 1. The van der Waals surface area contributed by atoms with Crippen molar-refractivity contribution in [1.82, 2.24) is 19.5 Å². The molecule has 7 heteroatoms. The van der Waals surface area contributed by atoms with Gasteiger partial charge >= 0.3 is 5.97 Å². The Labute approximate surface area is 127 Å². The number of anilines is 1. The van der Waals surface area contributed by atoms with Crippen molar-refractivity contribution in [2.24, 2.45) is 0 Å². The van der Waals surface area contributed by atoms with Crippen molar-refractivity contribution in [2.75, 3.05) is 19.5 Å². The number of esters is 1. The molecule has 2 heterocycles. The predicted octanol–water partition coefficient (Wildman–Crippen LogP) is 1.70. The van der Waals surface area contributed by atoms with E-state index in [-0.39, 0.29) is 5.82 Å². The molecule has 0 spiro atoms. The Morgan fingerprint density at radius 2 is 2.05 bits per heavy atom. The molecule has 0 radical (unpaired) electrons. The molecule has 0 saturated heterocycles. The lowest BCUT2D eigenvalue weighted by molar-refractivity contribution is 0.0582. The number of fused-ring (bicyclic) bond motifs is 1. The molecule has 3 rings (SSSR count). The number of rotatable bonds is 4. The van der Waals surface area contributed by atoms with E-state index in [1.165, 1.54) is 7.11 Å². The fraction of sp³-hybridized carbons (Fsp3) is 0.200. The van der Waals surface area contributed by atoms with Crippen LogP contribution in [-0.2, 0) is 11.3 Å². The maximum absolute atomic E-state index is 12.0. The lowest BCUT2D eigenvalue weighted by Crippen LogP contribution is -2.13. The van der Waals surface area contributed by atoms with E-state index in [0.29, 0.717) is 23.7 Å². The van der Waals surface area contributed by atoms with Crippen LogP contribution in [-0.4, -0.2) is 39.6 Å². The SMILES string of the molecule is CNc1ncc2nc(C(=O)OC)n(Cc3ccccc3)c2n1. The second kappa shape index (κ2) is 5.80. The Balaban J connectivity index is 2.16. The van der Waals surface area contributed by atoms with Gasteiger partial charge in [-0.2, -0.15) is 4.98 Å². The highest BCUT2D eigenvalue weighted by atomic mass is 16.5. The maximum atomic E-state index is 12.0. The molecule has 0 aliphatic heterocycles. The normalized spacial score (nSPS) is 10.6. The first kappa shape index (κ1) is 14.0. The standard InChI is InChI=1S/C15H15N5O2/c1-16-15-17-8-11-12(19-15)20(13(18-11)14(21)22-2)9-10-6-4-3-5-7-10/h3-8H,9H2,1-2H3,(H,16,17,19). The highest BCUT2D eigenvalue weighted by Crippen LogP contribution is 2.17. The minimum Gasteiger partial charge on any atom is -0.463 e. The number of nitrogens with zero attached hydrogens (tertiary/aromatic N) is 4. The van der Waals surface area contributed by atoms with Crippen LogP contribution in [0.1, 0.15) is 16.2 Å². The van der Waals surface area contributed by atoms with Crippen molar-refractivity contribution in [2.45, 2.75) is 6.54 Å². The number of carbonyl (C=O) groups is 1. The third-order valence-electron chi connectivity index (χ3n) is 3.26. The molecule has 0 atom stereocenters. The molecule has 2 aromatic heterocycles. The van der Waals surface area contributed by atoms with Gasteiger partial charge in [0.2, 0.25) is 11.8 Å². The Morgan fingerprint density at radius 3 is 2.73 bits per heavy atom. The summed E-state index contributed by atoms with van der Waals surface area (Å²) >= 11 is 0. The Hall–Kier alpha value is -2.96. The van der Waals surface area contributed by atoms with Crippen LogP contribution in [0.25, 0.3) is 11.2 Å². The number of nitrogens with one attached hydrogen (secondary N) is 1. The van der Waals surface area contributed by atoms with Crippen LogP contribution in [0.2, 0.25) is 0 Å². The second-order valence-corrected chi connectivity index (χ2v) is 4.65. The molecule has 1 aromatic carbocycles. The third kappa shape index (κ3) is 2.48. The Morgan fingerprint density at radius 1 is 1.27 bits per heavy atom. The topological polar surface area (TPSA) is 81.9 Å². The van der Waals surface area contributed by atoms with Gasteiger partial charge in [-0.05, 0) is 5.56 Å². The quantitative estimate of drug-likeness (QED) is 0.738. The number of imidazole rings is 1. The van der Waals surface area contributed by atoms with Gasteiger partial charge in [-0.15, -0.1) is 0 Å². The summed E-state index contributed by atoms with van der Waals surface area (Å²) in [4.78, 5) is 24.8. The Kier molecular flexibility index (Phi) is 3.69. The van der Waals surface area contributed by atoms with E-state index in [4.69, 9.17) is 4.74 Å². The van der Waals surface area contributed by atoms with E-state index in [9.17, 15) is 4.79 Å². The number of benzene rings is 1. The van der Waals surface area contributed by atoms with Crippen molar-refractivity contribution in [1.29, 1.82) is 0 Å². The minimum atomic E-state index is -0.500. The van der Waals surface area contributed by atoms with Crippen LogP contribution in [0.3, 0.4) is 0 Å². The van der Waals surface area contributed by atoms with Crippen LogP contribution >= 0.6 is 0 Å². The first-order valence-corrected chi connectivity index (χ1v) is 6.76. The zero-order chi connectivity index (χ0) is 15.5. The van der Waals surface area contributed by atoms with Crippen molar-refractivity contribution in [3.63, 3.8) is 0 Å². The van der Waals surface area contributed by atoms with Crippen molar-refractivity contribution < 1.29 is 9.53 Å². The van der Waals surface area contributed by atoms with Gasteiger partial charge in [-0.1, -0.05) is 30.3 Å². The molecule has 0 aliphatic rings. The van der Waals surface area contributed by atoms with E-state index in [0.717, 1.165) is 5.56 Å². The average Bonchev–Trinajstić information content (AvgIpc) is 2.93. The Bertz CT molecular complexity index is 813. The molecule has 0 unspecified atom stereocenters. The number of hydrogen-bond donors (Lipinski definition) is 1. The van der Waals surface area contributed by atoms with Gasteiger partial charge in [0.05, 0.1) is 19.9 Å². The van der Waals surface area contributed by atoms with Gasteiger partial charge in [0.25, 0.3) is 0 Å². The molecule has 7 nitrogen and oxygen atoms in total. The highest BCUT2D eigenvalue weighted by Gasteiger charge is 2.20. The minimum absolute atomic E-state index is 0.212. The highest BCUT2D eigenvalue weighted by molar-refractivity contribution is 5.90. The fourth-order valence-electron chi connectivity index (χ4n) is 2.20. The molecule has 3 aromatic rings. The predicted molar refractivity (Wildman–Crippen MR) is 81.8 cm³/mol. The van der Waals surface area contributed by atoms with Crippen LogP contribution in [0, 0.1) is 0 Å². The summed E-state index contributed by atoms with van der Waals surface area (Å²) in [5.41, 5.74) is 2.18. The summed E-state index contributed by atoms with van der Waals surface area (Å²) in [5.74, 6) is 0.182. The summed E-state index contributed by atoms with van der Waals surface area (Å²) in [6.45, 7) is 0.474. The molecule has 0 bridgehead atoms. The summed E-state index contributed by atoms with van der Waals surface area (Å²) < 4.78 is 6.55. The summed E-state index contributed by atoms with van der Waals surface area (Å²) in [6, 6.07) is 9.79. The van der Waals surface area contributed by atoms with Gasteiger partial charge in [0, 0.05) is 7.05 Å². The molecular weight excluding hydrogens is 282 g/mol.